The average molecular weight is 556 g/mol. The number of hydrogen-bond acceptors (Lipinski definition) is 2. The highest BCUT2D eigenvalue weighted by Crippen LogP contribution is 2.45. The number of halogens is 5. The van der Waals surface area contributed by atoms with Crippen molar-refractivity contribution in [2.75, 3.05) is 13.1 Å². The largest absolute Gasteiger partial charge is 0.417 e. The first-order chi connectivity index (χ1) is 16.1. The minimum absolute atomic E-state index is 0.205. The molecule has 8 heteroatoms. The van der Waals surface area contributed by atoms with Gasteiger partial charge in [-0.3, -0.25) is 9.69 Å². The van der Waals surface area contributed by atoms with Crippen LogP contribution in [0.5, 0.6) is 0 Å². The summed E-state index contributed by atoms with van der Waals surface area (Å²) >= 11 is 9.58. The second kappa shape index (κ2) is 11.1. The maximum absolute atomic E-state index is 13.4. The van der Waals surface area contributed by atoms with Crippen molar-refractivity contribution in [1.82, 2.24) is 10.2 Å². The predicted octanol–water partition coefficient (Wildman–Crippen LogP) is 7.58. The van der Waals surface area contributed by atoms with Gasteiger partial charge in [0.1, 0.15) is 0 Å². The van der Waals surface area contributed by atoms with Gasteiger partial charge in [0.2, 0.25) is 0 Å². The molecule has 2 aromatic rings. The lowest BCUT2D eigenvalue weighted by Crippen LogP contribution is -2.56. The molecule has 0 aliphatic heterocycles. The lowest BCUT2D eigenvalue weighted by Gasteiger charge is -2.46. The van der Waals surface area contributed by atoms with Gasteiger partial charge in [0, 0.05) is 23.1 Å². The van der Waals surface area contributed by atoms with Crippen LogP contribution in [0.1, 0.15) is 53.2 Å². The molecule has 3 rings (SSSR count). The Labute approximate surface area is 211 Å². The molecule has 0 aromatic heterocycles. The van der Waals surface area contributed by atoms with Crippen molar-refractivity contribution in [3.05, 3.63) is 94.0 Å². The SMILES string of the molecule is C=CCN(CC=C)C1(C(NC(=O)c2cccc(C(F)(F)F)c2Cl)c2cccc(Br)c2)CCCC1. The fraction of sp³-hybridized carbons (Fsp3) is 0.346. The smallest absolute Gasteiger partial charge is 0.343 e. The van der Waals surface area contributed by atoms with E-state index >= 15 is 0 Å². The maximum Gasteiger partial charge on any atom is 0.417 e. The van der Waals surface area contributed by atoms with E-state index in [1.165, 1.54) is 12.1 Å². The first kappa shape index (κ1) is 26.5. The van der Waals surface area contributed by atoms with Crippen LogP contribution in [0.2, 0.25) is 5.02 Å². The van der Waals surface area contributed by atoms with E-state index in [4.69, 9.17) is 11.6 Å². The molecule has 34 heavy (non-hydrogen) atoms. The lowest BCUT2D eigenvalue weighted by molar-refractivity contribution is -0.137. The zero-order valence-electron chi connectivity index (χ0n) is 18.7. The van der Waals surface area contributed by atoms with Crippen molar-refractivity contribution < 1.29 is 18.0 Å². The third kappa shape index (κ3) is 5.58. The summed E-state index contributed by atoms with van der Waals surface area (Å²) in [7, 11) is 0. The normalized spacial score (nSPS) is 16.3. The van der Waals surface area contributed by atoms with E-state index in [1.807, 2.05) is 36.4 Å². The second-order valence-corrected chi connectivity index (χ2v) is 9.71. The third-order valence-electron chi connectivity index (χ3n) is 6.34. The molecule has 0 heterocycles. The van der Waals surface area contributed by atoms with E-state index in [0.717, 1.165) is 41.8 Å². The maximum atomic E-state index is 13.4. The van der Waals surface area contributed by atoms with Gasteiger partial charge in [0.25, 0.3) is 5.91 Å². The molecule has 0 spiro atoms. The van der Waals surface area contributed by atoms with Gasteiger partial charge >= 0.3 is 6.18 Å². The summed E-state index contributed by atoms with van der Waals surface area (Å²) in [4.78, 5) is 15.7. The average Bonchev–Trinajstić information content (AvgIpc) is 3.27. The van der Waals surface area contributed by atoms with Crippen LogP contribution >= 0.6 is 27.5 Å². The fourth-order valence-electron chi connectivity index (χ4n) is 4.87. The van der Waals surface area contributed by atoms with Crippen LogP contribution in [0, 0.1) is 0 Å². The number of nitrogens with zero attached hydrogens (tertiary/aromatic N) is 1. The minimum atomic E-state index is -4.66. The van der Waals surface area contributed by atoms with E-state index in [0.29, 0.717) is 13.1 Å². The molecule has 3 nitrogen and oxygen atoms in total. The summed E-state index contributed by atoms with van der Waals surface area (Å²) in [6.07, 6.45) is 2.52. The van der Waals surface area contributed by atoms with Crippen molar-refractivity contribution in [1.29, 1.82) is 0 Å². The number of hydrogen-bond donors (Lipinski definition) is 1. The molecule has 1 fully saturated rings. The van der Waals surface area contributed by atoms with Crippen molar-refractivity contribution in [3.8, 4) is 0 Å². The molecule has 0 saturated heterocycles. The molecule has 1 amide bonds. The Morgan fingerprint density at radius 2 is 1.76 bits per heavy atom. The van der Waals surface area contributed by atoms with Gasteiger partial charge in [-0.15, -0.1) is 13.2 Å². The van der Waals surface area contributed by atoms with Crippen LogP contribution in [-0.4, -0.2) is 29.4 Å². The standard InChI is InChI=1S/C26H27BrClF3N2O/c1-3-15-33(16-4-2)25(13-5-6-14-25)23(18-9-7-10-19(27)17-18)32-24(34)20-11-8-12-21(22(20)28)26(29,30)31/h3-4,7-12,17,23H,1-2,5-6,13-16H2,(H,32,34). The molecule has 1 aliphatic carbocycles. The monoisotopic (exact) mass is 554 g/mol. The molecule has 1 saturated carbocycles. The number of carbonyl (C=O) groups excluding carboxylic acids is 1. The number of alkyl halides is 3. The zero-order chi connectivity index (χ0) is 24.9. The minimum Gasteiger partial charge on any atom is -0.343 e. The van der Waals surface area contributed by atoms with Gasteiger partial charge in [-0.1, -0.05) is 70.7 Å². The molecule has 2 aromatic carbocycles. The van der Waals surface area contributed by atoms with Crippen LogP contribution in [0.4, 0.5) is 13.2 Å². The number of carbonyl (C=O) groups is 1. The molecule has 1 N–H and O–H groups in total. The number of benzene rings is 2. The van der Waals surface area contributed by atoms with Gasteiger partial charge in [-0.05, 0) is 42.7 Å². The Hall–Kier alpha value is -2.09. The van der Waals surface area contributed by atoms with Crippen LogP contribution in [0.15, 0.2) is 72.2 Å². The molecular formula is C26H27BrClF3N2O. The molecule has 0 bridgehead atoms. The van der Waals surface area contributed by atoms with E-state index in [-0.39, 0.29) is 5.56 Å². The van der Waals surface area contributed by atoms with E-state index in [9.17, 15) is 18.0 Å². The lowest BCUT2D eigenvalue weighted by atomic mass is 9.81. The summed E-state index contributed by atoms with van der Waals surface area (Å²) in [5.41, 5.74) is -0.849. The van der Waals surface area contributed by atoms with Crippen molar-refractivity contribution in [3.63, 3.8) is 0 Å². The van der Waals surface area contributed by atoms with Crippen molar-refractivity contribution in [2.45, 2.75) is 43.4 Å². The summed E-state index contributed by atoms with van der Waals surface area (Å²) in [5, 5.41) is 2.45. The summed E-state index contributed by atoms with van der Waals surface area (Å²) in [6.45, 7) is 8.94. The van der Waals surface area contributed by atoms with E-state index in [2.05, 4.69) is 39.3 Å². The molecule has 0 radical (unpaired) electrons. The molecule has 182 valence electrons. The molecular weight excluding hydrogens is 529 g/mol. The molecule has 1 unspecified atom stereocenters. The van der Waals surface area contributed by atoms with E-state index < -0.39 is 34.3 Å². The second-order valence-electron chi connectivity index (χ2n) is 8.42. The Bertz CT molecular complexity index is 1040. The van der Waals surface area contributed by atoms with E-state index in [1.54, 1.807) is 0 Å². The van der Waals surface area contributed by atoms with Crippen molar-refractivity contribution in [2.24, 2.45) is 0 Å². The first-order valence-electron chi connectivity index (χ1n) is 11.0. The Morgan fingerprint density at radius 1 is 1.15 bits per heavy atom. The quantitative estimate of drug-likeness (QED) is 0.324. The van der Waals surface area contributed by atoms with Gasteiger partial charge in [0.15, 0.2) is 0 Å². The summed E-state index contributed by atoms with van der Waals surface area (Å²) < 4.78 is 41.0. The van der Waals surface area contributed by atoms with Gasteiger partial charge in [-0.2, -0.15) is 13.2 Å². The Balaban J connectivity index is 2.10. The Kier molecular flexibility index (Phi) is 8.66. The predicted molar refractivity (Wildman–Crippen MR) is 134 cm³/mol. The highest BCUT2D eigenvalue weighted by molar-refractivity contribution is 9.10. The third-order valence-corrected chi connectivity index (χ3v) is 7.24. The molecule has 1 aliphatic rings. The first-order valence-corrected chi connectivity index (χ1v) is 12.2. The van der Waals surface area contributed by atoms with Crippen molar-refractivity contribution >= 4 is 33.4 Å². The zero-order valence-corrected chi connectivity index (χ0v) is 21.0. The van der Waals surface area contributed by atoms with Gasteiger partial charge < -0.3 is 5.32 Å². The highest BCUT2D eigenvalue weighted by atomic mass is 79.9. The van der Waals surface area contributed by atoms with Gasteiger partial charge in [-0.25, -0.2) is 0 Å². The number of rotatable bonds is 9. The van der Waals surface area contributed by atoms with Crippen LogP contribution in [0.3, 0.4) is 0 Å². The van der Waals surface area contributed by atoms with Gasteiger partial charge in [0.05, 0.1) is 22.2 Å². The topological polar surface area (TPSA) is 32.3 Å². The van der Waals surface area contributed by atoms with Crippen LogP contribution < -0.4 is 5.32 Å². The summed E-state index contributed by atoms with van der Waals surface area (Å²) in [6, 6.07) is 10.5. The highest BCUT2D eigenvalue weighted by Gasteiger charge is 2.47. The fourth-order valence-corrected chi connectivity index (χ4v) is 5.61. The van der Waals surface area contributed by atoms with Crippen LogP contribution in [0.25, 0.3) is 0 Å². The van der Waals surface area contributed by atoms with Crippen LogP contribution in [-0.2, 0) is 6.18 Å². The molecule has 1 atom stereocenters. The number of nitrogens with one attached hydrogen (secondary N) is 1. The summed E-state index contributed by atoms with van der Waals surface area (Å²) in [5.74, 6) is -0.649. The Morgan fingerprint density at radius 3 is 2.32 bits per heavy atom. The number of amides is 1.